The van der Waals surface area contributed by atoms with Gasteiger partial charge in [0.1, 0.15) is 5.82 Å². The van der Waals surface area contributed by atoms with E-state index in [1.54, 1.807) is 7.05 Å². The number of hydrogen-bond donors (Lipinski definition) is 1. The van der Waals surface area contributed by atoms with E-state index >= 15 is 0 Å². The third kappa shape index (κ3) is 2.66. The summed E-state index contributed by atoms with van der Waals surface area (Å²) in [4.78, 5) is 10.3. The highest BCUT2D eigenvalue weighted by atomic mass is 19.3. The number of aliphatic imine (C=N–C) groups is 1. The average molecular weight is 305 g/mol. The molecular weight excluding hydrogens is 288 g/mol. The molecule has 0 bridgehead atoms. The van der Waals surface area contributed by atoms with E-state index in [1.165, 1.54) is 18.0 Å². The van der Waals surface area contributed by atoms with Gasteiger partial charge in [-0.3, -0.25) is 9.56 Å². The van der Waals surface area contributed by atoms with Gasteiger partial charge in [0.05, 0.1) is 6.54 Å². The smallest absolute Gasteiger partial charge is 0.319 e. The van der Waals surface area contributed by atoms with Crippen LogP contribution in [0.4, 0.5) is 14.5 Å². The van der Waals surface area contributed by atoms with E-state index in [4.69, 9.17) is 0 Å². The van der Waals surface area contributed by atoms with Gasteiger partial charge in [0.15, 0.2) is 5.96 Å². The Morgan fingerprint density at radius 3 is 3.00 bits per heavy atom. The van der Waals surface area contributed by atoms with E-state index in [0.717, 1.165) is 23.2 Å². The summed E-state index contributed by atoms with van der Waals surface area (Å²) >= 11 is 0. The summed E-state index contributed by atoms with van der Waals surface area (Å²) in [5.41, 5.74) is 2.37. The zero-order valence-electron chi connectivity index (χ0n) is 12.2. The van der Waals surface area contributed by atoms with Crippen molar-refractivity contribution in [3.8, 4) is 0 Å². The van der Waals surface area contributed by atoms with Gasteiger partial charge in [0, 0.05) is 31.7 Å². The molecule has 0 fully saturated rings. The number of nitrogens with zero attached hydrogens (tertiary/aromatic N) is 4. The van der Waals surface area contributed by atoms with Gasteiger partial charge in [0.2, 0.25) is 0 Å². The van der Waals surface area contributed by atoms with Crippen LogP contribution in [0.25, 0.3) is 0 Å². The minimum Gasteiger partial charge on any atom is -0.349 e. The third-order valence-corrected chi connectivity index (χ3v) is 3.72. The maximum absolute atomic E-state index is 12.8. The summed E-state index contributed by atoms with van der Waals surface area (Å²) in [7, 11) is 1.68. The van der Waals surface area contributed by atoms with Crippen molar-refractivity contribution < 1.29 is 8.78 Å². The van der Waals surface area contributed by atoms with Crippen molar-refractivity contribution in [2.45, 2.75) is 19.5 Å². The summed E-state index contributed by atoms with van der Waals surface area (Å²) in [5.74, 6) is 0.942. The summed E-state index contributed by atoms with van der Waals surface area (Å²) in [6.07, 6.45) is 3.59. The van der Waals surface area contributed by atoms with Crippen LogP contribution in [0.5, 0.6) is 0 Å². The normalized spacial score (nSPS) is 14.5. The lowest BCUT2D eigenvalue weighted by Crippen LogP contribution is -2.40. The molecule has 2 aromatic rings. The number of nitrogens with one attached hydrogen (secondary N) is 1. The van der Waals surface area contributed by atoms with Gasteiger partial charge in [0.25, 0.3) is 0 Å². The molecule has 0 spiro atoms. The fraction of sp³-hybridized carbons (Fsp3) is 0.333. The standard InChI is InChI=1S/C15H17F2N5/c1-18-15(20-10-13-19-7-9-22(13)14(16)17)21-8-6-11-4-2-3-5-12(11)21/h2-5,7,9,14H,6,8,10H2,1H3,(H,18,20). The topological polar surface area (TPSA) is 45.5 Å². The van der Waals surface area contributed by atoms with Gasteiger partial charge in [-0.1, -0.05) is 18.2 Å². The number of imidazole rings is 1. The minimum absolute atomic E-state index is 0.197. The van der Waals surface area contributed by atoms with E-state index in [9.17, 15) is 8.78 Å². The summed E-state index contributed by atoms with van der Waals surface area (Å²) in [6, 6.07) is 8.12. The Labute approximate surface area is 127 Å². The summed E-state index contributed by atoms with van der Waals surface area (Å²) < 4.78 is 26.5. The van der Waals surface area contributed by atoms with Crippen molar-refractivity contribution in [2.75, 3.05) is 18.5 Å². The molecule has 0 atom stereocenters. The first-order valence-electron chi connectivity index (χ1n) is 7.06. The first-order chi connectivity index (χ1) is 10.7. The Bertz CT molecular complexity index is 680. The molecule has 0 saturated carbocycles. The number of rotatable bonds is 3. The SMILES string of the molecule is CN=C(NCc1nccn1C(F)F)N1CCc2ccccc21. The molecular formula is C15H17F2N5. The fourth-order valence-corrected chi connectivity index (χ4v) is 2.67. The molecule has 1 aromatic carbocycles. The van der Waals surface area contributed by atoms with Crippen LogP contribution in [-0.2, 0) is 13.0 Å². The van der Waals surface area contributed by atoms with Gasteiger partial charge < -0.3 is 10.2 Å². The molecule has 2 heterocycles. The Morgan fingerprint density at radius 1 is 1.41 bits per heavy atom. The van der Waals surface area contributed by atoms with Crippen molar-refractivity contribution in [1.82, 2.24) is 14.9 Å². The average Bonchev–Trinajstić information content (AvgIpc) is 3.15. The van der Waals surface area contributed by atoms with Crippen LogP contribution in [0.1, 0.15) is 17.9 Å². The van der Waals surface area contributed by atoms with E-state index in [-0.39, 0.29) is 12.4 Å². The fourth-order valence-electron chi connectivity index (χ4n) is 2.67. The molecule has 0 unspecified atom stereocenters. The monoisotopic (exact) mass is 305 g/mol. The molecule has 116 valence electrons. The highest BCUT2D eigenvalue weighted by molar-refractivity contribution is 5.97. The van der Waals surface area contributed by atoms with Crippen LogP contribution in [0.3, 0.4) is 0 Å². The van der Waals surface area contributed by atoms with E-state index in [0.29, 0.717) is 5.96 Å². The van der Waals surface area contributed by atoms with Crippen molar-refractivity contribution >= 4 is 11.6 Å². The van der Waals surface area contributed by atoms with Crippen LogP contribution in [-0.4, -0.2) is 29.1 Å². The van der Waals surface area contributed by atoms with Crippen molar-refractivity contribution in [1.29, 1.82) is 0 Å². The molecule has 5 nitrogen and oxygen atoms in total. The van der Waals surface area contributed by atoms with Gasteiger partial charge in [-0.05, 0) is 18.1 Å². The number of para-hydroxylation sites is 1. The molecule has 0 aliphatic carbocycles. The zero-order chi connectivity index (χ0) is 15.5. The van der Waals surface area contributed by atoms with Crippen LogP contribution in [0.2, 0.25) is 0 Å². The van der Waals surface area contributed by atoms with Crippen LogP contribution < -0.4 is 10.2 Å². The maximum Gasteiger partial charge on any atom is 0.319 e. The second-order valence-corrected chi connectivity index (χ2v) is 4.96. The van der Waals surface area contributed by atoms with Crippen LogP contribution in [0, 0.1) is 0 Å². The molecule has 0 amide bonds. The number of aromatic nitrogens is 2. The third-order valence-electron chi connectivity index (χ3n) is 3.72. The lowest BCUT2D eigenvalue weighted by Gasteiger charge is -2.22. The Morgan fingerprint density at radius 2 is 2.23 bits per heavy atom. The predicted octanol–water partition coefficient (Wildman–Crippen LogP) is 2.42. The quantitative estimate of drug-likeness (QED) is 0.700. The number of benzene rings is 1. The zero-order valence-corrected chi connectivity index (χ0v) is 12.2. The van der Waals surface area contributed by atoms with E-state index in [1.807, 2.05) is 18.2 Å². The number of halogens is 2. The molecule has 1 aliphatic heterocycles. The Balaban J connectivity index is 1.73. The molecule has 3 rings (SSSR count). The Kier molecular flexibility index (Phi) is 4.04. The van der Waals surface area contributed by atoms with Crippen molar-refractivity contribution in [3.05, 3.63) is 48.0 Å². The second-order valence-electron chi connectivity index (χ2n) is 4.96. The molecule has 1 aromatic heterocycles. The van der Waals surface area contributed by atoms with Gasteiger partial charge in [-0.15, -0.1) is 0 Å². The Hall–Kier alpha value is -2.44. The lowest BCUT2D eigenvalue weighted by atomic mass is 10.2. The van der Waals surface area contributed by atoms with E-state index < -0.39 is 6.55 Å². The largest absolute Gasteiger partial charge is 0.349 e. The number of guanidine groups is 1. The number of anilines is 1. The predicted molar refractivity (Wildman–Crippen MR) is 81.2 cm³/mol. The van der Waals surface area contributed by atoms with Crippen molar-refractivity contribution in [2.24, 2.45) is 4.99 Å². The molecule has 0 radical (unpaired) electrons. The highest BCUT2D eigenvalue weighted by Crippen LogP contribution is 2.27. The first-order valence-corrected chi connectivity index (χ1v) is 7.06. The van der Waals surface area contributed by atoms with Crippen LogP contribution in [0.15, 0.2) is 41.7 Å². The number of fused-ring (bicyclic) bond motifs is 1. The van der Waals surface area contributed by atoms with Gasteiger partial charge >= 0.3 is 6.55 Å². The van der Waals surface area contributed by atoms with Crippen LogP contribution >= 0.6 is 0 Å². The van der Waals surface area contributed by atoms with Crippen molar-refractivity contribution in [3.63, 3.8) is 0 Å². The summed E-state index contributed by atoms with van der Waals surface area (Å²) in [5, 5.41) is 3.11. The molecule has 0 saturated heterocycles. The molecule has 1 N–H and O–H groups in total. The number of alkyl halides is 2. The number of hydrogen-bond acceptors (Lipinski definition) is 2. The maximum atomic E-state index is 12.8. The highest BCUT2D eigenvalue weighted by Gasteiger charge is 2.22. The molecule has 7 heteroatoms. The van der Waals surface area contributed by atoms with Gasteiger partial charge in [-0.2, -0.15) is 8.78 Å². The molecule has 1 aliphatic rings. The first kappa shape index (κ1) is 14.5. The van der Waals surface area contributed by atoms with Gasteiger partial charge in [-0.25, -0.2) is 4.98 Å². The lowest BCUT2D eigenvalue weighted by molar-refractivity contribution is 0.0668. The minimum atomic E-state index is -2.59. The second kappa shape index (κ2) is 6.13. The summed E-state index contributed by atoms with van der Waals surface area (Å²) in [6.45, 7) is -1.57. The molecule has 22 heavy (non-hydrogen) atoms. The van der Waals surface area contributed by atoms with E-state index in [2.05, 4.69) is 26.3 Å².